The van der Waals surface area contributed by atoms with Gasteiger partial charge in [0.1, 0.15) is 5.84 Å². The third-order valence-electron chi connectivity index (χ3n) is 7.99. The van der Waals surface area contributed by atoms with Crippen molar-refractivity contribution in [3.63, 3.8) is 0 Å². The number of hydrogen-bond acceptors (Lipinski definition) is 4. The molecule has 0 aromatic heterocycles. The Kier molecular flexibility index (Phi) is 8.40. The van der Waals surface area contributed by atoms with Gasteiger partial charge in [-0.3, -0.25) is 19.5 Å². The first-order valence-electron chi connectivity index (χ1n) is 13.1. The van der Waals surface area contributed by atoms with Crippen molar-refractivity contribution in [3.8, 4) is 0 Å². The van der Waals surface area contributed by atoms with Gasteiger partial charge >= 0.3 is 0 Å². The summed E-state index contributed by atoms with van der Waals surface area (Å²) in [7, 11) is 0. The van der Waals surface area contributed by atoms with E-state index in [9.17, 15) is 9.59 Å². The van der Waals surface area contributed by atoms with Crippen molar-refractivity contribution in [2.75, 3.05) is 26.2 Å². The molecule has 4 aliphatic rings. The number of fused-ring (bicyclic) bond motifs is 1. The number of amidine groups is 1. The average molecular weight is 431 g/mol. The molecule has 1 saturated heterocycles. The van der Waals surface area contributed by atoms with Crippen molar-refractivity contribution in [2.45, 2.75) is 108 Å². The fourth-order valence-electron chi connectivity index (χ4n) is 6.04. The lowest BCUT2D eigenvalue weighted by atomic mass is 9.85. The first kappa shape index (κ1) is 22.8. The standard InChI is InChI=1S/C25H42N4O2/c30-24(29-18-16-28(17-19-29)20-10-6-2-1-3-7-11-20)15-14-23-26-22-13-9-5-4-8-12-21(22)25(31)27-23/h20-22H,1-19H2,(H,26,27,31). The molecule has 31 heavy (non-hydrogen) atoms. The third kappa shape index (κ3) is 6.30. The second kappa shape index (κ2) is 11.4. The number of carbonyl (C=O) groups is 2. The van der Waals surface area contributed by atoms with E-state index in [0.717, 1.165) is 63.7 Å². The van der Waals surface area contributed by atoms with E-state index in [1.807, 2.05) is 4.90 Å². The highest BCUT2D eigenvalue weighted by Crippen LogP contribution is 2.28. The van der Waals surface area contributed by atoms with Crippen LogP contribution in [0.5, 0.6) is 0 Å². The summed E-state index contributed by atoms with van der Waals surface area (Å²) in [6, 6.07) is 0.854. The maximum atomic E-state index is 12.8. The quantitative estimate of drug-likeness (QED) is 0.736. The lowest BCUT2D eigenvalue weighted by Gasteiger charge is -2.40. The minimum atomic E-state index is 0.0427. The van der Waals surface area contributed by atoms with Crippen LogP contribution in [0.25, 0.3) is 0 Å². The van der Waals surface area contributed by atoms with E-state index in [4.69, 9.17) is 4.99 Å². The maximum absolute atomic E-state index is 12.8. The summed E-state index contributed by atoms with van der Waals surface area (Å²) in [6.07, 6.45) is 17.3. The zero-order valence-electron chi connectivity index (χ0n) is 19.3. The van der Waals surface area contributed by atoms with Crippen molar-refractivity contribution in [3.05, 3.63) is 0 Å². The molecule has 2 unspecified atom stereocenters. The summed E-state index contributed by atoms with van der Waals surface area (Å²) in [5.41, 5.74) is 0. The Bertz CT molecular complexity index is 633. The molecule has 2 saturated carbocycles. The number of piperazine rings is 1. The number of nitrogens with one attached hydrogen (secondary N) is 1. The summed E-state index contributed by atoms with van der Waals surface area (Å²) < 4.78 is 0. The predicted molar refractivity (Wildman–Crippen MR) is 124 cm³/mol. The van der Waals surface area contributed by atoms with Gasteiger partial charge in [0, 0.05) is 45.1 Å². The summed E-state index contributed by atoms with van der Waals surface area (Å²) in [6.45, 7) is 3.72. The number of hydrogen-bond donors (Lipinski definition) is 1. The molecule has 1 N–H and O–H groups in total. The number of aliphatic imine (C=N–C) groups is 1. The van der Waals surface area contributed by atoms with Gasteiger partial charge < -0.3 is 10.2 Å². The van der Waals surface area contributed by atoms with Crippen LogP contribution in [0.15, 0.2) is 4.99 Å². The topological polar surface area (TPSA) is 65.0 Å². The monoisotopic (exact) mass is 430 g/mol. The fraction of sp³-hybridized carbons (Fsp3) is 0.880. The molecular weight excluding hydrogens is 388 g/mol. The van der Waals surface area contributed by atoms with Crippen molar-refractivity contribution in [1.29, 1.82) is 0 Å². The van der Waals surface area contributed by atoms with Gasteiger partial charge in [-0.1, -0.05) is 57.8 Å². The van der Waals surface area contributed by atoms with Gasteiger partial charge in [-0.2, -0.15) is 0 Å². The Morgan fingerprint density at radius 2 is 1.45 bits per heavy atom. The van der Waals surface area contributed by atoms with Crippen LogP contribution >= 0.6 is 0 Å². The van der Waals surface area contributed by atoms with Crippen molar-refractivity contribution < 1.29 is 9.59 Å². The molecule has 0 bridgehead atoms. The Labute approximate surface area is 188 Å². The number of nitrogens with zero attached hydrogens (tertiary/aromatic N) is 3. The molecule has 2 heterocycles. The Balaban J connectivity index is 1.23. The van der Waals surface area contributed by atoms with E-state index in [0.29, 0.717) is 12.8 Å². The summed E-state index contributed by atoms with van der Waals surface area (Å²) in [4.78, 5) is 35.0. The van der Waals surface area contributed by atoms with Crippen LogP contribution in [0.3, 0.4) is 0 Å². The second-order valence-corrected chi connectivity index (χ2v) is 10.1. The molecule has 0 aromatic rings. The Hall–Kier alpha value is -1.43. The molecular formula is C25H42N4O2. The summed E-state index contributed by atoms with van der Waals surface area (Å²) in [5, 5.41) is 3.02. The Morgan fingerprint density at radius 3 is 2.16 bits per heavy atom. The van der Waals surface area contributed by atoms with Gasteiger partial charge in [-0.05, 0) is 25.7 Å². The highest BCUT2D eigenvalue weighted by Gasteiger charge is 2.33. The molecule has 0 radical (unpaired) electrons. The molecule has 2 amide bonds. The summed E-state index contributed by atoms with van der Waals surface area (Å²) >= 11 is 0. The van der Waals surface area contributed by atoms with Crippen molar-refractivity contribution in [1.82, 2.24) is 15.1 Å². The highest BCUT2D eigenvalue weighted by molar-refractivity contribution is 6.02. The zero-order valence-corrected chi connectivity index (χ0v) is 19.3. The predicted octanol–water partition coefficient (Wildman–Crippen LogP) is 3.89. The van der Waals surface area contributed by atoms with Crippen LogP contribution in [-0.4, -0.2) is 65.7 Å². The van der Waals surface area contributed by atoms with Crippen molar-refractivity contribution >= 4 is 17.6 Å². The maximum Gasteiger partial charge on any atom is 0.230 e. The molecule has 4 rings (SSSR count). The van der Waals surface area contributed by atoms with Gasteiger partial charge in [0.2, 0.25) is 11.8 Å². The lowest BCUT2D eigenvalue weighted by Crippen LogP contribution is -2.52. The molecule has 3 fully saturated rings. The normalized spacial score (nSPS) is 29.6. The first-order chi connectivity index (χ1) is 15.2. The minimum Gasteiger partial charge on any atom is -0.340 e. The van der Waals surface area contributed by atoms with Crippen LogP contribution in [-0.2, 0) is 9.59 Å². The van der Waals surface area contributed by atoms with E-state index in [1.165, 1.54) is 57.8 Å². The number of rotatable bonds is 4. The van der Waals surface area contributed by atoms with Gasteiger partial charge in [-0.25, -0.2) is 0 Å². The van der Waals surface area contributed by atoms with Crippen LogP contribution in [0.4, 0.5) is 0 Å². The summed E-state index contributed by atoms with van der Waals surface area (Å²) in [5.74, 6) is 1.14. The van der Waals surface area contributed by atoms with Gasteiger partial charge in [0.25, 0.3) is 0 Å². The molecule has 6 heteroatoms. The van der Waals surface area contributed by atoms with E-state index < -0.39 is 0 Å². The van der Waals surface area contributed by atoms with Gasteiger partial charge in [0.05, 0.1) is 12.0 Å². The minimum absolute atomic E-state index is 0.0427. The number of carbonyl (C=O) groups excluding carboxylic acids is 2. The fourth-order valence-corrected chi connectivity index (χ4v) is 6.04. The average Bonchev–Trinajstić information content (AvgIpc) is 2.73. The van der Waals surface area contributed by atoms with Crippen molar-refractivity contribution in [2.24, 2.45) is 10.9 Å². The van der Waals surface area contributed by atoms with E-state index >= 15 is 0 Å². The molecule has 2 aliphatic heterocycles. The van der Waals surface area contributed by atoms with Crippen LogP contribution in [0.2, 0.25) is 0 Å². The molecule has 0 spiro atoms. The van der Waals surface area contributed by atoms with Gasteiger partial charge in [0.15, 0.2) is 0 Å². The van der Waals surface area contributed by atoms with E-state index in [2.05, 4.69) is 10.2 Å². The highest BCUT2D eigenvalue weighted by atomic mass is 16.2. The molecule has 174 valence electrons. The van der Waals surface area contributed by atoms with E-state index in [1.54, 1.807) is 0 Å². The van der Waals surface area contributed by atoms with Crippen LogP contribution < -0.4 is 5.32 Å². The van der Waals surface area contributed by atoms with Crippen LogP contribution in [0.1, 0.15) is 96.3 Å². The SMILES string of the molecule is O=C1NC(CCC(=O)N2CCN(C3CCCCCCC3)CC2)=NC2CCCCCCC12. The van der Waals surface area contributed by atoms with E-state index in [-0.39, 0.29) is 23.8 Å². The Morgan fingerprint density at radius 1 is 0.839 bits per heavy atom. The lowest BCUT2D eigenvalue weighted by molar-refractivity contribution is -0.133. The van der Waals surface area contributed by atoms with Gasteiger partial charge in [-0.15, -0.1) is 0 Å². The van der Waals surface area contributed by atoms with Crippen LogP contribution in [0, 0.1) is 5.92 Å². The molecule has 6 nitrogen and oxygen atoms in total. The third-order valence-corrected chi connectivity index (χ3v) is 7.99. The number of amides is 2. The first-order valence-corrected chi connectivity index (χ1v) is 13.1. The molecule has 0 aromatic carbocycles. The zero-order chi connectivity index (χ0) is 21.5. The molecule has 2 atom stereocenters. The second-order valence-electron chi connectivity index (χ2n) is 10.1. The smallest absolute Gasteiger partial charge is 0.230 e. The largest absolute Gasteiger partial charge is 0.340 e. The molecule has 2 aliphatic carbocycles.